The summed E-state index contributed by atoms with van der Waals surface area (Å²) in [5.74, 6) is 3.42. The van der Waals surface area contributed by atoms with E-state index >= 15 is 0 Å². The molecule has 0 aliphatic heterocycles. The van der Waals surface area contributed by atoms with Gasteiger partial charge in [-0.25, -0.2) is 9.97 Å². The normalized spacial score (nSPS) is 14.6. The number of nitrogens with one attached hydrogen (secondary N) is 2. The number of aromatic amines is 2. The van der Waals surface area contributed by atoms with Crippen molar-refractivity contribution in [2.45, 2.75) is 85.0 Å². The molecule has 2 aromatic heterocycles. The first-order valence-corrected chi connectivity index (χ1v) is 9.40. The monoisotopic (exact) mass is 342 g/mol. The molecule has 0 bridgehead atoms. The lowest BCUT2D eigenvalue weighted by Gasteiger charge is -2.24. The summed E-state index contributed by atoms with van der Waals surface area (Å²) < 4.78 is 0. The van der Waals surface area contributed by atoms with E-state index in [-0.39, 0.29) is 5.41 Å². The predicted octanol–water partition coefficient (Wildman–Crippen LogP) is 5.80. The summed E-state index contributed by atoms with van der Waals surface area (Å²) in [7, 11) is 0. The van der Waals surface area contributed by atoms with Crippen molar-refractivity contribution in [2.75, 3.05) is 0 Å². The lowest BCUT2D eigenvalue weighted by Crippen LogP contribution is -2.21. The van der Waals surface area contributed by atoms with Crippen LogP contribution in [0.15, 0.2) is 24.0 Å². The molecule has 0 fully saturated rings. The standard InChI is InChI=1S/C21H34N4/c1-13(2)17-11-23-20(25-17)21(7,8)16(6)10-9-15(5)18-12-22-19(24-18)14(3)4/h10-15H,9H2,1-8H3,(H,22,24)(H,23,25)/b16-10-. The molecule has 4 heteroatoms. The number of rotatable bonds is 7. The molecule has 0 aromatic carbocycles. The second-order valence-electron chi connectivity index (χ2n) is 8.36. The van der Waals surface area contributed by atoms with Crippen LogP contribution in [-0.2, 0) is 5.41 Å². The summed E-state index contributed by atoms with van der Waals surface area (Å²) in [4.78, 5) is 16.1. The van der Waals surface area contributed by atoms with E-state index in [2.05, 4.69) is 76.4 Å². The minimum absolute atomic E-state index is 0.0933. The van der Waals surface area contributed by atoms with E-state index < -0.39 is 0 Å². The molecule has 25 heavy (non-hydrogen) atoms. The highest BCUT2D eigenvalue weighted by Gasteiger charge is 2.26. The third-order valence-electron chi connectivity index (χ3n) is 5.24. The van der Waals surface area contributed by atoms with Crippen LogP contribution < -0.4 is 0 Å². The van der Waals surface area contributed by atoms with Gasteiger partial charge in [0.1, 0.15) is 11.6 Å². The fourth-order valence-corrected chi connectivity index (χ4v) is 2.77. The molecule has 1 unspecified atom stereocenters. The topological polar surface area (TPSA) is 57.4 Å². The van der Waals surface area contributed by atoms with Gasteiger partial charge in [0.25, 0.3) is 0 Å². The van der Waals surface area contributed by atoms with Crippen LogP contribution in [0.1, 0.15) is 103 Å². The van der Waals surface area contributed by atoms with Crippen LogP contribution in [0.3, 0.4) is 0 Å². The fourth-order valence-electron chi connectivity index (χ4n) is 2.77. The summed E-state index contributed by atoms with van der Waals surface area (Å²) in [5.41, 5.74) is 3.59. The molecule has 2 rings (SSSR count). The third-order valence-corrected chi connectivity index (χ3v) is 5.24. The third kappa shape index (κ3) is 4.42. The summed E-state index contributed by atoms with van der Waals surface area (Å²) in [5, 5.41) is 0. The SMILES string of the molecule is C/C(=C/CC(C)c1cnc(C(C)C)[nH]1)C(C)(C)c1nc(C(C)C)c[nH]1. The van der Waals surface area contributed by atoms with Gasteiger partial charge in [-0.3, -0.25) is 0 Å². The minimum atomic E-state index is -0.0933. The number of hydrogen-bond donors (Lipinski definition) is 2. The first-order valence-electron chi connectivity index (χ1n) is 9.40. The van der Waals surface area contributed by atoms with Crippen molar-refractivity contribution in [2.24, 2.45) is 0 Å². The van der Waals surface area contributed by atoms with Gasteiger partial charge in [0.05, 0.1) is 5.69 Å². The van der Waals surface area contributed by atoms with Gasteiger partial charge in [-0.05, 0) is 33.1 Å². The van der Waals surface area contributed by atoms with Crippen molar-refractivity contribution >= 4 is 0 Å². The van der Waals surface area contributed by atoms with Crippen LogP contribution >= 0.6 is 0 Å². The second-order valence-corrected chi connectivity index (χ2v) is 8.36. The Morgan fingerprint density at radius 2 is 1.84 bits per heavy atom. The van der Waals surface area contributed by atoms with E-state index in [0.717, 1.165) is 23.8 Å². The van der Waals surface area contributed by atoms with Gasteiger partial charge in [-0.15, -0.1) is 0 Å². The van der Waals surface area contributed by atoms with Crippen LogP contribution in [0.5, 0.6) is 0 Å². The van der Waals surface area contributed by atoms with Crippen molar-refractivity contribution in [3.63, 3.8) is 0 Å². The molecule has 0 spiro atoms. The van der Waals surface area contributed by atoms with Crippen LogP contribution in [0.25, 0.3) is 0 Å². The minimum Gasteiger partial charge on any atom is -0.348 e. The molecule has 2 N–H and O–H groups in total. The second kappa shape index (κ2) is 7.59. The average molecular weight is 343 g/mol. The van der Waals surface area contributed by atoms with Gasteiger partial charge < -0.3 is 9.97 Å². The van der Waals surface area contributed by atoms with Crippen LogP contribution in [-0.4, -0.2) is 19.9 Å². The first-order chi connectivity index (χ1) is 11.6. The summed E-state index contributed by atoms with van der Waals surface area (Å²) >= 11 is 0. The van der Waals surface area contributed by atoms with Crippen molar-refractivity contribution in [1.82, 2.24) is 19.9 Å². The van der Waals surface area contributed by atoms with E-state index in [1.54, 1.807) is 0 Å². The first kappa shape index (κ1) is 19.5. The Balaban J connectivity index is 2.10. The molecular weight excluding hydrogens is 308 g/mol. The predicted molar refractivity (Wildman–Crippen MR) is 105 cm³/mol. The maximum absolute atomic E-state index is 4.80. The van der Waals surface area contributed by atoms with Gasteiger partial charge >= 0.3 is 0 Å². The molecule has 0 amide bonds. The van der Waals surface area contributed by atoms with Crippen molar-refractivity contribution < 1.29 is 0 Å². The average Bonchev–Trinajstić information content (AvgIpc) is 3.20. The smallest absolute Gasteiger partial charge is 0.116 e. The molecule has 4 nitrogen and oxygen atoms in total. The van der Waals surface area contributed by atoms with Gasteiger partial charge in [-0.2, -0.15) is 0 Å². The molecule has 138 valence electrons. The summed E-state index contributed by atoms with van der Waals surface area (Å²) in [6.07, 6.45) is 7.36. The van der Waals surface area contributed by atoms with Crippen LogP contribution in [0.2, 0.25) is 0 Å². The molecule has 2 aromatic rings. The number of allylic oxidation sites excluding steroid dienone is 2. The molecule has 0 saturated heterocycles. The van der Waals surface area contributed by atoms with Crippen LogP contribution in [0.4, 0.5) is 0 Å². The van der Waals surface area contributed by atoms with Crippen LogP contribution in [0, 0.1) is 0 Å². The van der Waals surface area contributed by atoms with Gasteiger partial charge in [-0.1, -0.05) is 46.3 Å². The Bertz CT molecular complexity index is 716. The lowest BCUT2D eigenvalue weighted by molar-refractivity contribution is 0.574. The lowest BCUT2D eigenvalue weighted by atomic mass is 9.83. The molecule has 0 saturated carbocycles. The Kier molecular flexibility index (Phi) is 5.91. The van der Waals surface area contributed by atoms with E-state index in [9.17, 15) is 0 Å². The number of nitrogens with zero attached hydrogens (tertiary/aromatic N) is 2. The quantitative estimate of drug-likeness (QED) is 0.625. The maximum Gasteiger partial charge on any atom is 0.116 e. The van der Waals surface area contributed by atoms with E-state index in [1.807, 2.05) is 12.4 Å². The van der Waals surface area contributed by atoms with E-state index in [4.69, 9.17) is 4.98 Å². The Morgan fingerprint density at radius 1 is 1.16 bits per heavy atom. The van der Waals surface area contributed by atoms with Gasteiger partial charge in [0, 0.05) is 35.3 Å². The van der Waals surface area contributed by atoms with Crippen molar-refractivity contribution in [1.29, 1.82) is 0 Å². The summed E-state index contributed by atoms with van der Waals surface area (Å²) in [6, 6.07) is 0. The Labute approximate surface area is 152 Å². The number of imidazole rings is 2. The maximum atomic E-state index is 4.80. The largest absolute Gasteiger partial charge is 0.348 e. The molecule has 0 aliphatic carbocycles. The highest BCUT2D eigenvalue weighted by atomic mass is 14.9. The van der Waals surface area contributed by atoms with E-state index in [0.29, 0.717) is 17.8 Å². The van der Waals surface area contributed by atoms with Crippen molar-refractivity contribution in [3.8, 4) is 0 Å². The van der Waals surface area contributed by atoms with Gasteiger partial charge in [0.2, 0.25) is 0 Å². The number of H-pyrrole nitrogens is 2. The fraction of sp³-hybridized carbons (Fsp3) is 0.619. The van der Waals surface area contributed by atoms with Gasteiger partial charge in [0.15, 0.2) is 0 Å². The van der Waals surface area contributed by atoms with E-state index in [1.165, 1.54) is 11.3 Å². The zero-order chi connectivity index (χ0) is 18.8. The molecule has 2 heterocycles. The molecular formula is C21H34N4. The highest BCUT2D eigenvalue weighted by molar-refractivity contribution is 5.26. The number of aromatic nitrogens is 4. The Morgan fingerprint density at radius 3 is 2.36 bits per heavy atom. The zero-order valence-electron chi connectivity index (χ0n) is 17.1. The highest BCUT2D eigenvalue weighted by Crippen LogP contribution is 2.31. The Hall–Kier alpha value is -1.84. The molecule has 0 aliphatic rings. The summed E-state index contributed by atoms with van der Waals surface area (Å²) in [6.45, 7) is 17.6. The number of hydrogen-bond acceptors (Lipinski definition) is 2. The van der Waals surface area contributed by atoms with Crippen molar-refractivity contribution in [3.05, 3.63) is 47.1 Å². The zero-order valence-corrected chi connectivity index (χ0v) is 17.1. The molecule has 0 radical (unpaired) electrons. The molecule has 1 atom stereocenters.